The van der Waals surface area contributed by atoms with E-state index < -0.39 is 0 Å². The first-order valence-electron chi connectivity index (χ1n) is 9.89. The number of imidazole rings is 1. The topological polar surface area (TPSA) is 76.0 Å². The molecule has 1 unspecified atom stereocenters. The van der Waals surface area contributed by atoms with Crippen molar-refractivity contribution in [2.45, 2.75) is 47.2 Å². The summed E-state index contributed by atoms with van der Waals surface area (Å²) in [5.74, 6) is 0.360. The minimum Gasteiger partial charge on any atom is -0.346 e. The molecule has 0 bridgehead atoms. The van der Waals surface area contributed by atoms with Gasteiger partial charge in [-0.15, -0.1) is 0 Å². The van der Waals surface area contributed by atoms with Crippen molar-refractivity contribution in [3.63, 3.8) is 0 Å². The lowest BCUT2D eigenvalue weighted by Gasteiger charge is -2.18. The van der Waals surface area contributed by atoms with Crippen LogP contribution >= 0.6 is 0 Å². The highest BCUT2D eigenvalue weighted by molar-refractivity contribution is 5.92. The van der Waals surface area contributed by atoms with Crippen LogP contribution in [0.1, 0.15) is 43.8 Å². The molecule has 3 aromatic rings. The van der Waals surface area contributed by atoms with Crippen LogP contribution < -0.4 is 10.6 Å². The molecule has 6 heteroatoms. The number of hydrogen-bond acceptors (Lipinski definition) is 3. The molecule has 0 fully saturated rings. The molecule has 2 N–H and O–H groups in total. The van der Waals surface area contributed by atoms with Gasteiger partial charge in [-0.1, -0.05) is 43.7 Å². The van der Waals surface area contributed by atoms with Crippen molar-refractivity contribution in [1.29, 1.82) is 0 Å². The van der Waals surface area contributed by atoms with Gasteiger partial charge in [0.25, 0.3) is 0 Å². The lowest BCUT2D eigenvalue weighted by molar-refractivity contribution is -0.124. The van der Waals surface area contributed by atoms with Gasteiger partial charge in [0.05, 0.1) is 17.1 Å². The van der Waals surface area contributed by atoms with E-state index in [1.54, 1.807) is 0 Å². The second kappa shape index (κ2) is 8.47. The normalized spacial score (nSPS) is 12.2. The maximum atomic E-state index is 12.8. The summed E-state index contributed by atoms with van der Waals surface area (Å²) in [4.78, 5) is 29.7. The summed E-state index contributed by atoms with van der Waals surface area (Å²) >= 11 is 0. The first-order valence-corrected chi connectivity index (χ1v) is 9.89. The maximum Gasteiger partial charge on any atom is 0.244 e. The Labute approximate surface area is 171 Å². The van der Waals surface area contributed by atoms with Gasteiger partial charge in [0.15, 0.2) is 0 Å². The molecule has 0 spiro atoms. The molecule has 0 aliphatic carbocycles. The maximum absolute atomic E-state index is 12.8. The summed E-state index contributed by atoms with van der Waals surface area (Å²) in [7, 11) is 0. The van der Waals surface area contributed by atoms with Crippen LogP contribution in [0, 0.1) is 19.8 Å². The number of nitrogens with one attached hydrogen (secondary N) is 2. The summed E-state index contributed by atoms with van der Waals surface area (Å²) in [5.41, 5.74) is 4.63. The highest BCUT2D eigenvalue weighted by Gasteiger charge is 2.21. The van der Waals surface area contributed by atoms with Crippen LogP contribution in [0.2, 0.25) is 0 Å². The molecule has 6 nitrogen and oxygen atoms in total. The van der Waals surface area contributed by atoms with Gasteiger partial charge in [-0.2, -0.15) is 0 Å². The van der Waals surface area contributed by atoms with Gasteiger partial charge >= 0.3 is 0 Å². The van der Waals surface area contributed by atoms with Gasteiger partial charge in [-0.3, -0.25) is 9.59 Å². The number of hydrogen-bond donors (Lipinski definition) is 2. The summed E-state index contributed by atoms with van der Waals surface area (Å²) in [5, 5.41) is 5.97. The van der Waals surface area contributed by atoms with Gasteiger partial charge < -0.3 is 15.2 Å². The Hall–Kier alpha value is -3.15. The monoisotopic (exact) mass is 392 g/mol. The number of aromatic nitrogens is 2. The predicted molar refractivity (Wildman–Crippen MR) is 116 cm³/mol. The van der Waals surface area contributed by atoms with Gasteiger partial charge in [-0.25, -0.2) is 4.98 Å². The highest BCUT2D eigenvalue weighted by atomic mass is 16.2. The SMILES string of the molecule is Cc1ccc(NC(=O)Cn2c(C(C)NC(=O)C(C)C)nc3ccccc32)c(C)c1. The van der Waals surface area contributed by atoms with Crippen LogP contribution in [-0.2, 0) is 16.1 Å². The quantitative estimate of drug-likeness (QED) is 0.662. The predicted octanol–water partition coefficient (Wildman–Crippen LogP) is 4.13. The zero-order valence-corrected chi connectivity index (χ0v) is 17.6. The fourth-order valence-electron chi connectivity index (χ4n) is 3.32. The van der Waals surface area contributed by atoms with Gasteiger partial charge in [-0.05, 0) is 44.5 Å². The molecule has 2 aromatic carbocycles. The number of carbonyl (C=O) groups is 2. The Balaban J connectivity index is 1.89. The van der Waals surface area contributed by atoms with Crippen LogP contribution in [0.15, 0.2) is 42.5 Å². The van der Waals surface area contributed by atoms with Gasteiger partial charge in [0.2, 0.25) is 11.8 Å². The third-order valence-corrected chi connectivity index (χ3v) is 4.91. The van der Waals surface area contributed by atoms with Crippen LogP contribution in [0.5, 0.6) is 0 Å². The van der Waals surface area contributed by atoms with E-state index in [1.165, 1.54) is 0 Å². The van der Waals surface area contributed by atoms with E-state index in [-0.39, 0.29) is 30.3 Å². The van der Waals surface area contributed by atoms with Crippen molar-refractivity contribution in [3.05, 3.63) is 59.4 Å². The Morgan fingerprint density at radius 2 is 1.79 bits per heavy atom. The van der Waals surface area contributed by atoms with E-state index in [2.05, 4.69) is 15.6 Å². The minimum atomic E-state index is -0.314. The van der Waals surface area contributed by atoms with Crippen molar-refractivity contribution < 1.29 is 9.59 Å². The number of rotatable bonds is 6. The second-order valence-corrected chi connectivity index (χ2v) is 7.80. The van der Waals surface area contributed by atoms with Crippen LogP contribution in [-0.4, -0.2) is 21.4 Å². The second-order valence-electron chi connectivity index (χ2n) is 7.80. The fourth-order valence-corrected chi connectivity index (χ4v) is 3.32. The fraction of sp³-hybridized carbons (Fsp3) is 0.348. The Bertz CT molecular complexity index is 1050. The third-order valence-electron chi connectivity index (χ3n) is 4.91. The van der Waals surface area contributed by atoms with Crippen molar-refractivity contribution >= 4 is 28.5 Å². The molecular formula is C23H28N4O2. The molecular weight excluding hydrogens is 364 g/mol. The van der Waals surface area contributed by atoms with Crippen molar-refractivity contribution in [1.82, 2.24) is 14.9 Å². The number of para-hydroxylation sites is 2. The molecule has 0 aliphatic heterocycles. The van der Waals surface area contributed by atoms with Crippen LogP contribution in [0.4, 0.5) is 5.69 Å². The van der Waals surface area contributed by atoms with E-state index in [0.29, 0.717) is 5.82 Å². The lowest BCUT2D eigenvalue weighted by Crippen LogP contribution is -2.32. The Kier molecular flexibility index (Phi) is 6.01. The van der Waals surface area contributed by atoms with Crippen LogP contribution in [0.3, 0.4) is 0 Å². The number of nitrogens with zero attached hydrogens (tertiary/aromatic N) is 2. The molecule has 0 radical (unpaired) electrons. The third kappa shape index (κ3) is 4.65. The summed E-state index contributed by atoms with van der Waals surface area (Å²) in [6.45, 7) is 9.70. The van der Waals surface area contributed by atoms with Crippen molar-refractivity contribution in [2.24, 2.45) is 5.92 Å². The first kappa shape index (κ1) is 20.6. The minimum absolute atomic E-state index is 0.0455. The average molecular weight is 393 g/mol. The lowest BCUT2D eigenvalue weighted by atomic mass is 10.1. The summed E-state index contributed by atoms with van der Waals surface area (Å²) < 4.78 is 1.87. The Morgan fingerprint density at radius 3 is 2.48 bits per heavy atom. The number of carbonyl (C=O) groups excluding carboxylic acids is 2. The first-order chi connectivity index (χ1) is 13.8. The standard InChI is InChI=1S/C23H28N4O2/c1-14(2)23(29)24-17(5)22-26-19-8-6-7-9-20(19)27(22)13-21(28)25-18-11-10-15(3)12-16(18)4/h6-12,14,17H,13H2,1-5H3,(H,24,29)(H,25,28). The molecule has 29 heavy (non-hydrogen) atoms. The number of aryl methyl sites for hydroxylation is 2. The molecule has 1 aromatic heterocycles. The van der Waals surface area contributed by atoms with Crippen LogP contribution in [0.25, 0.3) is 11.0 Å². The number of anilines is 1. The largest absolute Gasteiger partial charge is 0.346 e. The highest BCUT2D eigenvalue weighted by Crippen LogP contribution is 2.22. The number of benzene rings is 2. The molecule has 0 saturated carbocycles. The molecule has 0 saturated heterocycles. The van der Waals surface area contributed by atoms with E-state index in [4.69, 9.17) is 0 Å². The van der Waals surface area contributed by atoms with Crippen molar-refractivity contribution in [2.75, 3.05) is 5.32 Å². The zero-order valence-electron chi connectivity index (χ0n) is 17.6. The molecule has 0 aliphatic rings. The molecule has 2 amide bonds. The zero-order chi connectivity index (χ0) is 21.1. The Morgan fingerprint density at radius 1 is 1.07 bits per heavy atom. The van der Waals surface area contributed by atoms with E-state index in [9.17, 15) is 9.59 Å². The molecule has 152 valence electrons. The summed E-state index contributed by atoms with van der Waals surface area (Å²) in [6, 6.07) is 13.3. The molecule has 1 atom stereocenters. The van der Waals surface area contributed by atoms with E-state index >= 15 is 0 Å². The van der Waals surface area contributed by atoms with E-state index in [0.717, 1.165) is 27.8 Å². The van der Waals surface area contributed by atoms with Crippen molar-refractivity contribution in [3.8, 4) is 0 Å². The van der Waals surface area contributed by atoms with E-state index in [1.807, 2.05) is 81.7 Å². The molecule has 3 rings (SSSR count). The summed E-state index contributed by atoms with van der Waals surface area (Å²) in [6.07, 6.45) is 0. The smallest absolute Gasteiger partial charge is 0.244 e. The average Bonchev–Trinajstić information content (AvgIpc) is 3.02. The molecule has 1 heterocycles. The number of amides is 2. The number of fused-ring (bicyclic) bond motifs is 1. The van der Waals surface area contributed by atoms with Gasteiger partial charge in [0, 0.05) is 11.6 Å². The van der Waals surface area contributed by atoms with Gasteiger partial charge in [0.1, 0.15) is 12.4 Å².